The first-order valence-electron chi connectivity index (χ1n) is 8.73. The first-order chi connectivity index (χ1) is 11.6. The maximum Gasteiger partial charge on any atom is 0.149 e. The van der Waals surface area contributed by atoms with E-state index in [0.29, 0.717) is 12.0 Å². The van der Waals surface area contributed by atoms with E-state index in [1.807, 2.05) is 0 Å². The quantitative estimate of drug-likeness (QED) is 0.765. The van der Waals surface area contributed by atoms with Crippen molar-refractivity contribution in [1.82, 2.24) is 9.80 Å². The highest BCUT2D eigenvalue weighted by atomic mass is 35.5. The first-order valence-corrected chi connectivity index (χ1v) is 9.10. The zero-order chi connectivity index (χ0) is 17.1. The Morgan fingerprint density at radius 1 is 1.17 bits per heavy atom. The predicted molar refractivity (Wildman–Crippen MR) is 91.2 cm³/mol. The highest BCUT2D eigenvalue weighted by Crippen LogP contribution is 2.27. The van der Waals surface area contributed by atoms with E-state index in [0.717, 1.165) is 52.2 Å². The molecule has 1 atom stereocenters. The van der Waals surface area contributed by atoms with E-state index in [-0.39, 0.29) is 17.1 Å². The number of piperidine rings is 1. The van der Waals surface area contributed by atoms with Crippen molar-refractivity contribution in [2.24, 2.45) is 5.92 Å². The fourth-order valence-electron chi connectivity index (χ4n) is 3.81. The lowest BCUT2D eigenvalue weighted by atomic mass is 9.89. The van der Waals surface area contributed by atoms with Crippen LogP contribution in [0.1, 0.15) is 25.3 Å². The molecule has 134 valence electrons. The molecule has 0 aliphatic carbocycles. The lowest BCUT2D eigenvalue weighted by Crippen LogP contribution is -2.48. The highest BCUT2D eigenvalue weighted by molar-refractivity contribution is 6.30. The molecule has 2 fully saturated rings. The van der Waals surface area contributed by atoms with E-state index in [1.165, 1.54) is 12.1 Å². The molecule has 0 bridgehead atoms. The Bertz CT molecular complexity index is 558. The number of rotatable bonds is 4. The summed E-state index contributed by atoms with van der Waals surface area (Å²) in [6, 6.07) is 3.05. The van der Waals surface area contributed by atoms with Gasteiger partial charge in [-0.3, -0.25) is 9.80 Å². The van der Waals surface area contributed by atoms with Crippen molar-refractivity contribution in [2.45, 2.75) is 32.4 Å². The van der Waals surface area contributed by atoms with Gasteiger partial charge in [-0.15, -0.1) is 0 Å². The molecular weight excluding hydrogens is 334 g/mol. The molecule has 2 saturated heterocycles. The minimum atomic E-state index is -0.625. The first kappa shape index (κ1) is 18.1. The van der Waals surface area contributed by atoms with Crippen molar-refractivity contribution >= 4 is 11.6 Å². The molecule has 0 N–H and O–H groups in total. The number of nitrogens with zero attached hydrogens (tertiary/aromatic N) is 2. The second kappa shape index (κ2) is 8.09. The second-order valence-corrected chi connectivity index (χ2v) is 7.23. The predicted octanol–water partition coefficient (Wildman–Crippen LogP) is 3.55. The lowest BCUT2D eigenvalue weighted by Gasteiger charge is -2.41. The fraction of sp³-hybridized carbons (Fsp3) is 0.667. The lowest BCUT2D eigenvalue weighted by molar-refractivity contribution is -0.00201. The van der Waals surface area contributed by atoms with Crippen LogP contribution in [0.3, 0.4) is 0 Å². The molecule has 6 heteroatoms. The summed E-state index contributed by atoms with van der Waals surface area (Å²) < 4.78 is 33.4. The average Bonchev–Trinajstić information content (AvgIpc) is 2.63. The van der Waals surface area contributed by atoms with Crippen molar-refractivity contribution in [2.75, 3.05) is 39.4 Å². The molecule has 0 spiro atoms. The van der Waals surface area contributed by atoms with Gasteiger partial charge < -0.3 is 4.74 Å². The van der Waals surface area contributed by atoms with Gasteiger partial charge in [-0.25, -0.2) is 8.78 Å². The summed E-state index contributed by atoms with van der Waals surface area (Å²) in [7, 11) is 0. The van der Waals surface area contributed by atoms with E-state index < -0.39 is 11.6 Å². The number of ether oxygens (including phenoxy) is 1. The summed E-state index contributed by atoms with van der Waals surface area (Å²) >= 11 is 5.78. The normalized spacial score (nSPS) is 22.7. The summed E-state index contributed by atoms with van der Waals surface area (Å²) in [4.78, 5) is 4.63. The number of hydrogen-bond donors (Lipinski definition) is 0. The van der Waals surface area contributed by atoms with E-state index in [4.69, 9.17) is 16.3 Å². The number of benzene rings is 1. The van der Waals surface area contributed by atoms with Crippen LogP contribution in [0.5, 0.6) is 0 Å². The van der Waals surface area contributed by atoms with Gasteiger partial charge >= 0.3 is 0 Å². The molecule has 1 aromatic rings. The van der Waals surface area contributed by atoms with Gasteiger partial charge in [0.25, 0.3) is 0 Å². The van der Waals surface area contributed by atoms with Crippen LogP contribution in [0, 0.1) is 17.6 Å². The summed E-state index contributed by atoms with van der Waals surface area (Å²) in [5.41, 5.74) is 0.0853. The van der Waals surface area contributed by atoms with E-state index in [2.05, 4.69) is 16.7 Å². The summed E-state index contributed by atoms with van der Waals surface area (Å²) in [6.45, 7) is 7.95. The number of halogens is 3. The van der Waals surface area contributed by atoms with E-state index in [9.17, 15) is 8.78 Å². The third-order valence-corrected chi connectivity index (χ3v) is 5.75. The van der Waals surface area contributed by atoms with Gasteiger partial charge in [0.2, 0.25) is 0 Å². The monoisotopic (exact) mass is 358 g/mol. The molecular formula is C18H25ClF2N2O. The van der Waals surface area contributed by atoms with Crippen molar-refractivity contribution < 1.29 is 13.5 Å². The Labute approximate surface area is 147 Å². The van der Waals surface area contributed by atoms with Crippen molar-refractivity contribution in [3.8, 4) is 0 Å². The van der Waals surface area contributed by atoms with Crippen molar-refractivity contribution in [1.29, 1.82) is 0 Å². The van der Waals surface area contributed by atoms with Crippen LogP contribution in [-0.2, 0) is 11.3 Å². The van der Waals surface area contributed by atoms with Gasteiger partial charge in [-0.1, -0.05) is 11.6 Å². The molecule has 3 nitrogen and oxygen atoms in total. The molecule has 2 aliphatic rings. The Hall–Kier alpha value is -0.750. The Balaban J connectivity index is 1.55. The molecule has 0 radical (unpaired) electrons. The molecule has 1 aromatic carbocycles. The summed E-state index contributed by atoms with van der Waals surface area (Å²) in [6.07, 6.45) is 2.12. The Kier molecular flexibility index (Phi) is 6.08. The molecule has 0 unspecified atom stereocenters. The van der Waals surface area contributed by atoms with Crippen LogP contribution < -0.4 is 0 Å². The minimum Gasteiger partial charge on any atom is -0.379 e. The average molecular weight is 359 g/mol. The molecule has 2 heterocycles. The molecule has 0 aromatic heterocycles. The van der Waals surface area contributed by atoms with Gasteiger partial charge in [-0.2, -0.15) is 0 Å². The molecule has 3 rings (SSSR count). The zero-order valence-electron chi connectivity index (χ0n) is 14.1. The SMILES string of the molecule is C[C@H](C1CCN(Cc2c(F)ccc(Cl)c2F)CC1)N1CCOCC1. The second-order valence-electron chi connectivity index (χ2n) is 6.82. The zero-order valence-corrected chi connectivity index (χ0v) is 14.9. The van der Waals surface area contributed by atoms with Crippen molar-refractivity contribution in [3.05, 3.63) is 34.4 Å². The third-order valence-electron chi connectivity index (χ3n) is 5.46. The topological polar surface area (TPSA) is 15.7 Å². The van der Waals surface area contributed by atoms with Gasteiger partial charge in [0.05, 0.1) is 18.2 Å². The largest absolute Gasteiger partial charge is 0.379 e. The van der Waals surface area contributed by atoms with Gasteiger partial charge in [0, 0.05) is 31.2 Å². The molecule has 2 aliphatic heterocycles. The van der Waals surface area contributed by atoms with Crippen LogP contribution in [0.15, 0.2) is 12.1 Å². The third kappa shape index (κ3) is 4.07. The molecule has 0 amide bonds. The van der Waals surface area contributed by atoms with Crippen LogP contribution in [0.2, 0.25) is 5.02 Å². The van der Waals surface area contributed by atoms with Crippen molar-refractivity contribution in [3.63, 3.8) is 0 Å². The highest BCUT2D eigenvalue weighted by Gasteiger charge is 2.29. The number of morpholine rings is 1. The standard InChI is InChI=1S/C18H25ClF2N2O/c1-13(23-8-10-24-11-9-23)14-4-6-22(7-5-14)12-15-17(20)3-2-16(19)18(15)21/h2-3,13-14H,4-12H2,1H3/t13-/m1/s1. The Morgan fingerprint density at radius 2 is 1.83 bits per heavy atom. The van der Waals surface area contributed by atoms with Crippen LogP contribution in [-0.4, -0.2) is 55.2 Å². The molecule has 24 heavy (non-hydrogen) atoms. The fourth-order valence-corrected chi connectivity index (χ4v) is 3.99. The number of hydrogen-bond acceptors (Lipinski definition) is 3. The van der Waals surface area contributed by atoms with Gasteiger partial charge in [-0.05, 0) is 50.9 Å². The smallest absolute Gasteiger partial charge is 0.149 e. The van der Waals surface area contributed by atoms with Crippen LogP contribution in [0.4, 0.5) is 8.78 Å². The summed E-state index contributed by atoms with van der Waals surface area (Å²) in [5, 5.41) is -0.0118. The van der Waals surface area contributed by atoms with Crippen LogP contribution in [0.25, 0.3) is 0 Å². The molecule has 0 saturated carbocycles. The van der Waals surface area contributed by atoms with Crippen LogP contribution >= 0.6 is 11.6 Å². The van der Waals surface area contributed by atoms with Gasteiger partial charge in [0.15, 0.2) is 0 Å². The Morgan fingerprint density at radius 3 is 2.50 bits per heavy atom. The summed E-state index contributed by atoms with van der Waals surface area (Å²) in [5.74, 6) is -0.505. The maximum absolute atomic E-state index is 14.0. The number of likely N-dealkylation sites (tertiary alicyclic amines) is 1. The maximum atomic E-state index is 14.0. The minimum absolute atomic E-state index is 0.0118. The van der Waals surface area contributed by atoms with E-state index in [1.54, 1.807) is 0 Å². The van der Waals surface area contributed by atoms with Gasteiger partial charge in [0.1, 0.15) is 11.6 Å². The van der Waals surface area contributed by atoms with E-state index >= 15 is 0 Å².